The molecule has 0 spiro atoms. The van der Waals surface area contributed by atoms with Crippen molar-refractivity contribution in [3.8, 4) is 0 Å². The fourth-order valence-electron chi connectivity index (χ4n) is 7.58. The van der Waals surface area contributed by atoms with E-state index in [9.17, 15) is 18.0 Å². The lowest BCUT2D eigenvalue weighted by atomic mass is 9.49. The van der Waals surface area contributed by atoms with Crippen LogP contribution in [0.25, 0.3) is 0 Å². The van der Waals surface area contributed by atoms with E-state index in [-0.39, 0.29) is 5.41 Å². The Bertz CT molecular complexity index is 1090. The molecule has 5 aliphatic rings. The summed E-state index contributed by atoms with van der Waals surface area (Å²) in [7, 11) is 0. The molecule has 2 aromatic rings. The summed E-state index contributed by atoms with van der Waals surface area (Å²) in [4.78, 5) is 12.1. The number of fused-ring (bicyclic) bond motifs is 1. The Morgan fingerprint density at radius 3 is 2.18 bits per heavy atom. The van der Waals surface area contributed by atoms with Crippen LogP contribution in [0, 0.1) is 17.8 Å². The first-order valence-corrected chi connectivity index (χ1v) is 12.6. The number of aromatic nitrogens is 3. The number of hydrogen-bond acceptors (Lipinski definition) is 4. The zero-order valence-corrected chi connectivity index (χ0v) is 19.8. The molecular weight excluding hydrogens is 490 g/mol. The first kappa shape index (κ1) is 22.7. The molecule has 34 heavy (non-hydrogen) atoms. The molecule has 0 radical (unpaired) electrons. The highest BCUT2D eigenvalue weighted by Gasteiger charge is 2.55. The fourth-order valence-corrected chi connectivity index (χ4v) is 8.26. The van der Waals surface area contributed by atoms with Gasteiger partial charge in [-0.05, 0) is 80.4 Å². The van der Waals surface area contributed by atoms with E-state index in [1.165, 1.54) is 19.3 Å². The van der Waals surface area contributed by atoms with Gasteiger partial charge in [-0.25, -0.2) is 4.79 Å². The SMILES string of the molecule is O=C(OC1C(c2c(Cl)cccc2Cl)CCc2nnc(C34CC5CC(CC(C5)C3)C4)n21)C(F)(F)F. The normalized spacial score (nSPS) is 34.2. The molecule has 7 rings (SSSR count). The van der Waals surface area contributed by atoms with Crippen molar-refractivity contribution in [1.29, 1.82) is 0 Å². The Kier molecular flexibility index (Phi) is 5.23. The molecule has 4 saturated carbocycles. The number of nitrogens with zero attached hydrogens (tertiary/aromatic N) is 3. The van der Waals surface area contributed by atoms with Gasteiger partial charge in [0.1, 0.15) is 11.6 Å². The zero-order valence-electron chi connectivity index (χ0n) is 18.3. The zero-order chi connectivity index (χ0) is 23.8. The molecule has 4 bridgehead atoms. The Hall–Kier alpha value is -1.80. The maximum atomic E-state index is 13.3. The van der Waals surface area contributed by atoms with Crippen LogP contribution in [0.4, 0.5) is 13.2 Å². The molecule has 5 nitrogen and oxygen atoms in total. The third kappa shape index (κ3) is 3.55. The van der Waals surface area contributed by atoms with E-state index in [4.69, 9.17) is 27.9 Å². The molecule has 1 aliphatic heterocycles. The molecule has 2 heterocycles. The molecule has 1 aromatic carbocycles. The second-order valence-corrected chi connectivity index (χ2v) is 11.4. The number of ether oxygens (including phenoxy) is 1. The standard InChI is InChI=1S/C24H24Cl2F3N3O2/c25-16-2-1-3-17(26)19(16)15-4-5-18-30-31-21(32(18)20(15)34-22(33)24(27,28)29)23-9-12-6-13(10-23)8-14(7-12)11-23/h1-3,12-15,20H,4-11H2. The highest BCUT2D eigenvalue weighted by molar-refractivity contribution is 6.36. The molecule has 0 amide bonds. The number of hydrogen-bond donors (Lipinski definition) is 0. The van der Waals surface area contributed by atoms with Gasteiger partial charge in [0.25, 0.3) is 0 Å². The highest BCUT2D eigenvalue weighted by Crippen LogP contribution is 2.61. The van der Waals surface area contributed by atoms with Crippen LogP contribution >= 0.6 is 23.2 Å². The van der Waals surface area contributed by atoms with E-state index in [2.05, 4.69) is 10.2 Å². The Morgan fingerprint density at radius 1 is 1.03 bits per heavy atom. The van der Waals surface area contributed by atoms with E-state index in [0.29, 0.717) is 57.9 Å². The quantitative estimate of drug-likeness (QED) is 0.446. The van der Waals surface area contributed by atoms with Gasteiger partial charge in [-0.3, -0.25) is 4.57 Å². The maximum absolute atomic E-state index is 13.3. The number of alkyl halides is 3. The van der Waals surface area contributed by atoms with Crippen LogP contribution < -0.4 is 0 Å². The summed E-state index contributed by atoms with van der Waals surface area (Å²) in [5.74, 6) is 0.139. The predicted octanol–water partition coefficient (Wildman–Crippen LogP) is 6.39. The number of aryl methyl sites for hydroxylation is 1. The summed E-state index contributed by atoms with van der Waals surface area (Å²) < 4.78 is 46.9. The summed E-state index contributed by atoms with van der Waals surface area (Å²) >= 11 is 12.9. The molecular formula is C24H24Cl2F3N3O2. The van der Waals surface area contributed by atoms with Crippen molar-refractivity contribution in [2.45, 2.75) is 75.1 Å². The van der Waals surface area contributed by atoms with Crippen LogP contribution in [0.3, 0.4) is 0 Å². The number of carbonyl (C=O) groups is 1. The van der Waals surface area contributed by atoms with Crippen molar-refractivity contribution in [3.63, 3.8) is 0 Å². The third-order valence-electron chi connectivity index (χ3n) is 8.39. The van der Waals surface area contributed by atoms with Gasteiger partial charge in [0.15, 0.2) is 6.23 Å². The van der Waals surface area contributed by atoms with E-state index < -0.39 is 24.3 Å². The lowest BCUT2D eigenvalue weighted by molar-refractivity contribution is -0.211. The van der Waals surface area contributed by atoms with Crippen LogP contribution in [-0.4, -0.2) is 26.9 Å². The van der Waals surface area contributed by atoms with Gasteiger partial charge in [0.05, 0.1) is 0 Å². The number of rotatable bonds is 3. The molecule has 4 fully saturated rings. The Labute approximate surface area is 205 Å². The van der Waals surface area contributed by atoms with Crippen LogP contribution in [0.1, 0.15) is 74.3 Å². The van der Waals surface area contributed by atoms with Gasteiger partial charge in [-0.2, -0.15) is 13.2 Å². The molecule has 0 N–H and O–H groups in total. The molecule has 2 atom stereocenters. The first-order chi connectivity index (χ1) is 16.1. The molecule has 1 aromatic heterocycles. The maximum Gasteiger partial charge on any atom is 0.491 e. The number of esters is 1. The Balaban J connectivity index is 1.47. The van der Waals surface area contributed by atoms with Crippen molar-refractivity contribution in [3.05, 3.63) is 45.5 Å². The van der Waals surface area contributed by atoms with Gasteiger partial charge in [-0.15, -0.1) is 10.2 Å². The minimum absolute atomic E-state index is 0.241. The minimum atomic E-state index is -5.12. The van der Waals surface area contributed by atoms with E-state index in [1.54, 1.807) is 22.8 Å². The number of carbonyl (C=O) groups excluding carboxylic acids is 1. The van der Waals surface area contributed by atoms with Gasteiger partial charge >= 0.3 is 12.1 Å². The predicted molar refractivity (Wildman–Crippen MR) is 119 cm³/mol. The highest BCUT2D eigenvalue weighted by atomic mass is 35.5. The van der Waals surface area contributed by atoms with Gasteiger partial charge < -0.3 is 4.74 Å². The number of benzene rings is 1. The summed E-state index contributed by atoms with van der Waals surface area (Å²) in [6, 6.07) is 4.97. The first-order valence-electron chi connectivity index (χ1n) is 11.8. The van der Waals surface area contributed by atoms with Gasteiger partial charge in [0.2, 0.25) is 0 Å². The number of halogens is 5. The molecule has 0 saturated heterocycles. The molecule has 182 valence electrons. The van der Waals surface area contributed by atoms with Crippen LogP contribution in [-0.2, 0) is 21.4 Å². The summed E-state index contributed by atoms with van der Waals surface area (Å²) in [5.41, 5.74) is 0.247. The van der Waals surface area contributed by atoms with Gasteiger partial charge in [0, 0.05) is 27.8 Å². The lowest BCUT2D eigenvalue weighted by Crippen LogP contribution is -2.50. The van der Waals surface area contributed by atoms with Crippen LogP contribution in [0.5, 0.6) is 0 Å². The van der Waals surface area contributed by atoms with Crippen molar-refractivity contribution in [2.75, 3.05) is 0 Å². The smallest absolute Gasteiger partial charge is 0.434 e. The van der Waals surface area contributed by atoms with E-state index in [0.717, 1.165) is 19.3 Å². The topological polar surface area (TPSA) is 57.0 Å². The largest absolute Gasteiger partial charge is 0.491 e. The second kappa shape index (κ2) is 7.85. The summed E-state index contributed by atoms with van der Waals surface area (Å²) in [5, 5.41) is 9.60. The lowest BCUT2D eigenvalue weighted by Gasteiger charge is -2.56. The average Bonchev–Trinajstić information content (AvgIpc) is 3.18. The van der Waals surface area contributed by atoms with Crippen molar-refractivity contribution >= 4 is 29.2 Å². The van der Waals surface area contributed by atoms with Crippen LogP contribution in [0.15, 0.2) is 18.2 Å². The van der Waals surface area contributed by atoms with E-state index >= 15 is 0 Å². The molecule has 4 aliphatic carbocycles. The van der Waals surface area contributed by atoms with Gasteiger partial charge in [-0.1, -0.05) is 29.3 Å². The average molecular weight is 514 g/mol. The van der Waals surface area contributed by atoms with Crippen molar-refractivity contribution in [1.82, 2.24) is 14.8 Å². The fraction of sp³-hybridized carbons (Fsp3) is 0.625. The third-order valence-corrected chi connectivity index (χ3v) is 9.05. The molecule has 2 unspecified atom stereocenters. The minimum Gasteiger partial charge on any atom is -0.434 e. The van der Waals surface area contributed by atoms with Crippen LogP contribution in [0.2, 0.25) is 10.0 Å². The summed E-state index contributed by atoms with van der Waals surface area (Å²) in [6.45, 7) is 0. The summed E-state index contributed by atoms with van der Waals surface area (Å²) in [6.07, 6.45) is 0.969. The van der Waals surface area contributed by atoms with Crippen molar-refractivity contribution in [2.24, 2.45) is 17.8 Å². The monoisotopic (exact) mass is 513 g/mol. The second-order valence-electron chi connectivity index (χ2n) is 10.6. The van der Waals surface area contributed by atoms with Crippen molar-refractivity contribution < 1.29 is 22.7 Å². The van der Waals surface area contributed by atoms with E-state index in [1.807, 2.05) is 0 Å². The Morgan fingerprint density at radius 2 is 1.62 bits per heavy atom. The molecule has 10 heteroatoms.